The molecule has 8 nitrogen and oxygen atoms in total. The highest BCUT2D eigenvalue weighted by Crippen LogP contribution is 2.34. The second kappa shape index (κ2) is 9.17. The lowest BCUT2D eigenvalue weighted by Crippen LogP contribution is -2.28. The largest absolute Gasteiger partial charge is 0.341 e. The molecule has 0 fully saturated rings. The summed E-state index contributed by atoms with van der Waals surface area (Å²) in [6, 6.07) is 8.72. The van der Waals surface area contributed by atoms with Crippen molar-refractivity contribution in [1.82, 2.24) is 25.2 Å². The number of nitrogens with zero attached hydrogens (tertiary/aromatic N) is 2. The summed E-state index contributed by atoms with van der Waals surface area (Å²) in [5.41, 5.74) is 3.42. The quantitative estimate of drug-likeness (QED) is 0.327. The number of rotatable bonds is 5. The van der Waals surface area contributed by atoms with Gasteiger partial charge in [-0.3, -0.25) is 4.79 Å². The number of para-hydroxylation sites is 1. The number of carbonyl (C=O) groups excluding carboxylic acids is 1. The molecule has 2 heterocycles. The van der Waals surface area contributed by atoms with Crippen LogP contribution in [0.5, 0.6) is 0 Å². The summed E-state index contributed by atoms with van der Waals surface area (Å²) in [5, 5.41) is 10.5. The van der Waals surface area contributed by atoms with Crippen LogP contribution in [0.2, 0.25) is 10.0 Å². The van der Waals surface area contributed by atoms with Crippen LogP contribution in [-0.4, -0.2) is 27.6 Å². The molecule has 0 radical (unpaired) electrons. The molecule has 10 heteroatoms. The maximum atomic E-state index is 13.1. The van der Waals surface area contributed by atoms with E-state index in [1.165, 1.54) is 7.05 Å². The van der Waals surface area contributed by atoms with Crippen LogP contribution in [0.3, 0.4) is 0 Å². The number of fused-ring (bicyclic) bond motifs is 3. The van der Waals surface area contributed by atoms with Crippen LogP contribution in [0.4, 0.5) is 16.4 Å². The lowest BCUT2D eigenvalue weighted by molar-refractivity contribution is 0.246. The van der Waals surface area contributed by atoms with Crippen molar-refractivity contribution in [3.63, 3.8) is 0 Å². The fourth-order valence-corrected chi connectivity index (χ4v) is 4.22. The number of carbonyl (C=O) groups is 1. The van der Waals surface area contributed by atoms with Crippen molar-refractivity contribution >= 4 is 62.7 Å². The fraction of sp³-hybridized carbons (Fsp3) is 0.174. The minimum Gasteiger partial charge on any atom is -0.341 e. The van der Waals surface area contributed by atoms with Crippen LogP contribution in [0.25, 0.3) is 21.8 Å². The number of nitrogens with one attached hydrogen (secondary N) is 4. The number of amides is 2. The van der Waals surface area contributed by atoms with E-state index in [1.54, 1.807) is 30.5 Å². The average molecular weight is 485 g/mol. The number of aromatic nitrogens is 3. The van der Waals surface area contributed by atoms with Gasteiger partial charge in [0.2, 0.25) is 5.95 Å². The van der Waals surface area contributed by atoms with E-state index in [0.29, 0.717) is 44.5 Å². The molecule has 0 bridgehead atoms. The molecule has 2 amide bonds. The molecule has 0 aliphatic heterocycles. The SMILES string of the molecule is CNC(=O)NC=CCc1[nH]c(=O)c2c(ccc3nc(Nc4c(Cl)cccc4Cl)n(C)c32)c1C. The minimum absolute atomic E-state index is 0.214. The number of imidazole rings is 1. The van der Waals surface area contributed by atoms with E-state index in [4.69, 9.17) is 23.2 Å². The number of urea groups is 1. The Morgan fingerprint density at radius 2 is 1.94 bits per heavy atom. The second-order valence-corrected chi connectivity index (χ2v) is 8.27. The topological polar surface area (TPSA) is 104 Å². The molecule has 4 N–H and O–H groups in total. The standard InChI is InChI=1S/C23H22Cl2N6O2/c1-12-13-9-10-17-20(18(13)21(32)28-16(12)8-5-11-27-23(33)26-2)31(3)22(29-17)30-19-14(24)6-4-7-15(19)25/h4-7,9-11H,8H2,1-3H3,(H,28,32)(H,29,30)(H2,26,27,33). The Kier molecular flexibility index (Phi) is 6.31. The van der Waals surface area contributed by atoms with Crippen molar-refractivity contribution in [2.75, 3.05) is 12.4 Å². The molecule has 4 rings (SSSR count). The number of hydrogen-bond donors (Lipinski definition) is 4. The predicted molar refractivity (Wildman–Crippen MR) is 134 cm³/mol. The molecule has 0 saturated heterocycles. The number of halogens is 2. The van der Waals surface area contributed by atoms with Gasteiger partial charge in [0.25, 0.3) is 5.56 Å². The summed E-state index contributed by atoms with van der Waals surface area (Å²) in [6.07, 6.45) is 3.78. The molecule has 0 atom stereocenters. The van der Waals surface area contributed by atoms with Crippen LogP contribution in [0.1, 0.15) is 11.3 Å². The van der Waals surface area contributed by atoms with Gasteiger partial charge in [-0.05, 0) is 36.1 Å². The van der Waals surface area contributed by atoms with E-state index in [0.717, 1.165) is 16.6 Å². The number of H-pyrrole nitrogens is 1. The highest BCUT2D eigenvalue weighted by Gasteiger charge is 2.17. The van der Waals surface area contributed by atoms with E-state index >= 15 is 0 Å². The maximum Gasteiger partial charge on any atom is 0.318 e. The van der Waals surface area contributed by atoms with Crippen molar-refractivity contribution in [1.29, 1.82) is 0 Å². The zero-order valence-corrected chi connectivity index (χ0v) is 19.7. The van der Waals surface area contributed by atoms with Crippen LogP contribution < -0.4 is 21.5 Å². The molecule has 4 aromatic rings. The average Bonchev–Trinajstić information content (AvgIpc) is 3.11. The van der Waals surface area contributed by atoms with Crippen LogP contribution in [-0.2, 0) is 13.5 Å². The maximum absolute atomic E-state index is 13.1. The van der Waals surface area contributed by atoms with Crippen LogP contribution in [0.15, 0.2) is 47.4 Å². The van der Waals surface area contributed by atoms with Crippen molar-refractivity contribution in [2.24, 2.45) is 7.05 Å². The summed E-state index contributed by atoms with van der Waals surface area (Å²) < 4.78 is 1.82. The Labute approximate surface area is 199 Å². The van der Waals surface area contributed by atoms with Gasteiger partial charge in [-0.25, -0.2) is 9.78 Å². The van der Waals surface area contributed by atoms with Gasteiger partial charge in [-0.1, -0.05) is 41.4 Å². The number of anilines is 2. The Morgan fingerprint density at radius 1 is 1.21 bits per heavy atom. The summed E-state index contributed by atoms with van der Waals surface area (Å²) in [6.45, 7) is 1.96. The molecule has 0 saturated carbocycles. The summed E-state index contributed by atoms with van der Waals surface area (Å²) in [4.78, 5) is 32.0. The van der Waals surface area contributed by atoms with Gasteiger partial charge in [0.15, 0.2) is 0 Å². The van der Waals surface area contributed by atoms with E-state index < -0.39 is 0 Å². The summed E-state index contributed by atoms with van der Waals surface area (Å²) >= 11 is 12.6. The van der Waals surface area contributed by atoms with Crippen molar-refractivity contribution in [2.45, 2.75) is 13.3 Å². The van der Waals surface area contributed by atoms with E-state index in [1.807, 2.05) is 30.7 Å². The third-order valence-corrected chi connectivity index (χ3v) is 6.10. The molecular weight excluding hydrogens is 463 g/mol. The summed E-state index contributed by atoms with van der Waals surface area (Å²) in [5.74, 6) is 0.511. The molecule has 33 heavy (non-hydrogen) atoms. The smallest absolute Gasteiger partial charge is 0.318 e. The van der Waals surface area contributed by atoms with Gasteiger partial charge in [0.1, 0.15) is 0 Å². The lowest BCUT2D eigenvalue weighted by Gasteiger charge is -2.11. The van der Waals surface area contributed by atoms with Gasteiger partial charge in [-0.2, -0.15) is 0 Å². The Balaban J connectivity index is 1.77. The Hall–Kier alpha value is -3.49. The minimum atomic E-state index is -0.309. The van der Waals surface area contributed by atoms with E-state index in [-0.39, 0.29) is 11.6 Å². The number of pyridine rings is 1. The first-order valence-corrected chi connectivity index (χ1v) is 10.9. The molecule has 0 unspecified atom stereocenters. The Bertz CT molecular complexity index is 1450. The van der Waals surface area contributed by atoms with Gasteiger partial charge in [-0.15, -0.1) is 0 Å². The zero-order valence-electron chi connectivity index (χ0n) is 18.2. The third kappa shape index (κ3) is 4.27. The summed E-state index contributed by atoms with van der Waals surface area (Å²) in [7, 11) is 3.37. The zero-order chi connectivity index (χ0) is 23.7. The number of aromatic amines is 1. The van der Waals surface area contributed by atoms with Gasteiger partial charge in [0, 0.05) is 32.4 Å². The van der Waals surface area contributed by atoms with Gasteiger partial charge < -0.3 is 25.5 Å². The number of benzene rings is 2. The molecule has 170 valence electrons. The highest BCUT2D eigenvalue weighted by atomic mass is 35.5. The molecule has 0 aliphatic rings. The van der Waals surface area contributed by atoms with Gasteiger partial charge >= 0.3 is 6.03 Å². The van der Waals surface area contributed by atoms with Crippen LogP contribution in [0, 0.1) is 6.92 Å². The number of allylic oxidation sites excluding steroid dienone is 1. The van der Waals surface area contributed by atoms with Gasteiger partial charge in [0.05, 0.1) is 32.2 Å². The van der Waals surface area contributed by atoms with Crippen molar-refractivity contribution in [3.8, 4) is 0 Å². The van der Waals surface area contributed by atoms with Crippen LogP contribution >= 0.6 is 23.2 Å². The van der Waals surface area contributed by atoms with E-state index in [9.17, 15) is 9.59 Å². The third-order valence-electron chi connectivity index (χ3n) is 5.47. The first-order chi connectivity index (χ1) is 15.8. The predicted octanol–water partition coefficient (Wildman–Crippen LogP) is 4.76. The molecule has 2 aromatic heterocycles. The first-order valence-electron chi connectivity index (χ1n) is 10.2. The lowest BCUT2D eigenvalue weighted by atomic mass is 10.0. The number of hydrogen-bond acceptors (Lipinski definition) is 4. The molecule has 2 aromatic carbocycles. The molecule has 0 aliphatic carbocycles. The number of aryl methyl sites for hydroxylation is 2. The molecule has 0 spiro atoms. The van der Waals surface area contributed by atoms with Crippen molar-refractivity contribution < 1.29 is 4.79 Å². The highest BCUT2D eigenvalue weighted by molar-refractivity contribution is 6.39. The second-order valence-electron chi connectivity index (χ2n) is 7.46. The molecular formula is C23H22Cl2N6O2. The fourth-order valence-electron chi connectivity index (χ4n) is 3.73. The monoisotopic (exact) mass is 484 g/mol. The first kappa shape index (κ1) is 22.7. The Morgan fingerprint density at radius 3 is 2.64 bits per heavy atom. The normalized spacial score (nSPS) is 11.4. The van der Waals surface area contributed by atoms with Crippen molar-refractivity contribution in [3.05, 3.63) is 74.3 Å². The van der Waals surface area contributed by atoms with E-state index in [2.05, 4.69) is 25.9 Å².